The van der Waals surface area contributed by atoms with E-state index in [0.29, 0.717) is 40.7 Å². The average Bonchev–Trinajstić information content (AvgIpc) is 3.14. The van der Waals surface area contributed by atoms with Crippen LogP contribution in [0.4, 0.5) is 5.69 Å². The first kappa shape index (κ1) is 26.8. The highest BCUT2D eigenvalue weighted by molar-refractivity contribution is 6.51. The number of amides is 1. The van der Waals surface area contributed by atoms with Crippen LogP contribution in [0.2, 0.25) is 0 Å². The number of aliphatic hydroxyl groups excluding tert-OH is 1. The highest BCUT2D eigenvalue weighted by atomic mass is 16.5. The maximum absolute atomic E-state index is 13.4. The number of ketones is 1. The van der Waals surface area contributed by atoms with Crippen LogP contribution in [0, 0.1) is 0 Å². The summed E-state index contributed by atoms with van der Waals surface area (Å²) in [7, 11) is 0. The van der Waals surface area contributed by atoms with Crippen molar-refractivity contribution in [3.05, 3.63) is 89.5 Å². The van der Waals surface area contributed by atoms with Crippen LogP contribution in [0.3, 0.4) is 0 Å². The Morgan fingerprint density at radius 1 is 0.842 bits per heavy atom. The van der Waals surface area contributed by atoms with Gasteiger partial charge in [0.2, 0.25) is 0 Å². The third kappa shape index (κ3) is 5.67. The van der Waals surface area contributed by atoms with Crippen LogP contribution >= 0.6 is 0 Å². The zero-order valence-corrected chi connectivity index (χ0v) is 22.3. The molecule has 0 radical (unpaired) electrons. The van der Waals surface area contributed by atoms with E-state index >= 15 is 0 Å². The minimum Gasteiger partial charge on any atom is -0.507 e. The lowest BCUT2D eigenvalue weighted by atomic mass is 9.95. The van der Waals surface area contributed by atoms with Gasteiger partial charge >= 0.3 is 0 Å². The Labute approximate surface area is 223 Å². The molecule has 7 nitrogen and oxygen atoms in total. The van der Waals surface area contributed by atoms with Crippen molar-refractivity contribution in [1.29, 1.82) is 0 Å². The van der Waals surface area contributed by atoms with Crippen molar-refractivity contribution >= 4 is 23.1 Å². The van der Waals surface area contributed by atoms with Crippen LogP contribution in [-0.2, 0) is 9.59 Å². The van der Waals surface area contributed by atoms with Gasteiger partial charge in [-0.05, 0) is 88.7 Å². The second-order valence-electron chi connectivity index (χ2n) is 9.53. The van der Waals surface area contributed by atoms with Crippen LogP contribution in [0.1, 0.15) is 51.8 Å². The molecule has 0 aromatic heterocycles. The van der Waals surface area contributed by atoms with E-state index in [0.717, 1.165) is 0 Å². The second kappa shape index (κ2) is 11.4. The molecule has 1 heterocycles. The molecule has 1 unspecified atom stereocenters. The first-order valence-corrected chi connectivity index (χ1v) is 12.8. The van der Waals surface area contributed by atoms with Crippen LogP contribution in [0.5, 0.6) is 17.2 Å². The van der Waals surface area contributed by atoms with Crippen LogP contribution in [0.25, 0.3) is 5.76 Å². The molecule has 3 aromatic carbocycles. The summed E-state index contributed by atoms with van der Waals surface area (Å²) < 4.78 is 17.1. The molecule has 4 rings (SSSR count). The van der Waals surface area contributed by atoms with E-state index in [-0.39, 0.29) is 23.5 Å². The van der Waals surface area contributed by atoms with Crippen LogP contribution in [-0.4, -0.2) is 35.6 Å². The topological polar surface area (TPSA) is 85.3 Å². The summed E-state index contributed by atoms with van der Waals surface area (Å²) in [6.45, 7) is 10.1. The summed E-state index contributed by atoms with van der Waals surface area (Å²) in [5.41, 5.74) is 1.56. The molecule has 1 aliphatic heterocycles. The smallest absolute Gasteiger partial charge is 0.300 e. The van der Waals surface area contributed by atoms with Crippen molar-refractivity contribution in [2.75, 3.05) is 11.5 Å². The van der Waals surface area contributed by atoms with E-state index in [2.05, 4.69) is 0 Å². The third-order valence-electron chi connectivity index (χ3n) is 5.92. The molecule has 1 atom stereocenters. The first-order valence-electron chi connectivity index (χ1n) is 12.8. The Balaban J connectivity index is 1.84. The number of carbonyl (C=O) groups is 2. The fraction of sp³-hybridized carbons (Fsp3) is 0.290. The Morgan fingerprint density at radius 2 is 1.45 bits per heavy atom. The van der Waals surface area contributed by atoms with Crippen molar-refractivity contribution in [3.8, 4) is 17.2 Å². The maximum atomic E-state index is 13.4. The van der Waals surface area contributed by atoms with Gasteiger partial charge in [-0.1, -0.05) is 24.3 Å². The second-order valence-corrected chi connectivity index (χ2v) is 9.53. The zero-order chi connectivity index (χ0) is 27.4. The minimum atomic E-state index is -0.851. The summed E-state index contributed by atoms with van der Waals surface area (Å²) in [6, 6.07) is 20.2. The van der Waals surface area contributed by atoms with Gasteiger partial charge in [0.05, 0.1) is 30.4 Å². The fourth-order valence-electron chi connectivity index (χ4n) is 4.43. The highest BCUT2D eigenvalue weighted by Gasteiger charge is 2.47. The monoisotopic (exact) mass is 515 g/mol. The molecule has 0 aliphatic carbocycles. The molecule has 1 saturated heterocycles. The Bertz CT molecular complexity index is 1330. The van der Waals surface area contributed by atoms with Crippen LogP contribution in [0.15, 0.2) is 78.4 Å². The van der Waals surface area contributed by atoms with E-state index in [1.165, 1.54) is 4.90 Å². The number of carbonyl (C=O) groups excluding carboxylic acids is 2. The number of benzene rings is 3. The maximum Gasteiger partial charge on any atom is 0.300 e. The number of rotatable bonds is 9. The van der Waals surface area contributed by atoms with Gasteiger partial charge in [0, 0.05) is 11.3 Å². The summed E-state index contributed by atoms with van der Waals surface area (Å²) in [4.78, 5) is 28.3. The molecule has 38 heavy (non-hydrogen) atoms. The van der Waals surface area contributed by atoms with Crippen molar-refractivity contribution < 1.29 is 28.9 Å². The van der Waals surface area contributed by atoms with E-state index < -0.39 is 17.7 Å². The van der Waals surface area contributed by atoms with E-state index in [1.807, 2.05) is 34.6 Å². The van der Waals surface area contributed by atoms with E-state index in [4.69, 9.17) is 14.2 Å². The molecule has 0 bridgehead atoms. The zero-order valence-electron chi connectivity index (χ0n) is 22.3. The number of hydrogen-bond donors (Lipinski definition) is 1. The van der Waals surface area contributed by atoms with Gasteiger partial charge in [0.25, 0.3) is 11.7 Å². The molecule has 1 N–H and O–H groups in total. The average molecular weight is 516 g/mol. The molecule has 1 aliphatic rings. The van der Waals surface area contributed by atoms with Gasteiger partial charge in [-0.2, -0.15) is 0 Å². The number of Topliss-reactive ketones (excluding diaryl/α,β-unsaturated/α-hetero) is 1. The molecule has 198 valence electrons. The number of ether oxygens (including phenoxy) is 3. The van der Waals surface area contributed by atoms with Crippen molar-refractivity contribution in [1.82, 2.24) is 0 Å². The van der Waals surface area contributed by atoms with Gasteiger partial charge in [0.15, 0.2) is 0 Å². The third-order valence-corrected chi connectivity index (χ3v) is 5.92. The van der Waals surface area contributed by atoms with Gasteiger partial charge in [-0.3, -0.25) is 14.5 Å². The molecule has 0 spiro atoms. The summed E-state index contributed by atoms with van der Waals surface area (Å²) >= 11 is 0. The largest absolute Gasteiger partial charge is 0.507 e. The van der Waals surface area contributed by atoms with Crippen molar-refractivity contribution in [3.63, 3.8) is 0 Å². The summed E-state index contributed by atoms with van der Waals surface area (Å²) in [5, 5.41) is 11.4. The summed E-state index contributed by atoms with van der Waals surface area (Å²) in [5.74, 6) is 0.119. The predicted octanol–water partition coefficient (Wildman–Crippen LogP) is 6.29. The standard InChI is InChI=1S/C31H33NO6/c1-6-36-24-16-12-23(13-17-24)32-28(21-10-14-25(15-11-21)37-19(2)3)27(30(34)31(32)35)29(33)22-8-7-9-26(18-22)38-20(4)5/h7-20,28,33H,6H2,1-5H3/b29-27-. The minimum absolute atomic E-state index is 0.00288. The molecule has 1 fully saturated rings. The number of nitrogens with zero attached hydrogens (tertiary/aromatic N) is 1. The number of hydrogen-bond acceptors (Lipinski definition) is 6. The number of anilines is 1. The number of aliphatic hydroxyl groups is 1. The first-order chi connectivity index (χ1) is 18.2. The lowest BCUT2D eigenvalue weighted by molar-refractivity contribution is -0.132. The molecule has 1 amide bonds. The SMILES string of the molecule is CCOc1ccc(N2C(=O)C(=O)/C(=C(\O)c3cccc(OC(C)C)c3)C2c2ccc(OC(C)C)cc2)cc1. The van der Waals surface area contributed by atoms with Crippen molar-refractivity contribution in [2.24, 2.45) is 0 Å². The summed E-state index contributed by atoms with van der Waals surface area (Å²) in [6.07, 6.45) is -0.0696. The highest BCUT2D eigenvalue weighted by Crippen LogP contribution is 2.43. The van der Waals surface area contributed by atoms with Gasteiger partial charge in [-0.25, -0.2) is 0 Å². The lowest BCUT2D eigenvalue weighted by Gasteiger charge is -2.26. The normalized spacial score (nSPS) is 16.8. The Hall–Kier alpha value is -4.26. The molecule has 3 aromatic rings. The quantitative estimate of drug-likeness (QED) is 0.205. The Morgan fingerprint density at radius 3 is 2.05 bits per heavy atom. The van der Waals surface area contributed by atoms with Gasteiger partial charge < -0.3 is 19.3 Å². The molecular formula is C31H33NO6. The van der Waals surface area contributed by atoms with E-state index in [1.54, 1.807) is 72.8 Å². The fourth-order valence-corrected chi connectivity index (χ4v) is 4.43. The lowest BCUT2D eigenvalue weighted by Crippen LogP contribution is -2.29. The predicted molar refractivity (Wildman–Crippen MR) is 147 cm³/mol. The van der Waals surface area contributed by atoms with E-state index in [9.17, 15) is 14.7 Å². The Kier molecular flexibility index (Phi) is 8.05. The van der Waals surface area contributed by atoms with Gasteiger partial charge in [0.1, 0.15) is 23.0 Å². The van der Waals surface area contributed by atoms with Crippen LogP contribution < -0.4 is 19.1 Å². The molecular weight excluding hydrogens is 482 g/mol. The molecule has 7 heteroatoms. The molecule has 0 saturated carbocycles. The van der Waals surface area contributed by atoms with Gasteiger partial charge in [-0.15, -0.1) is 0 Å². The van der Waals surface area contributed by atoms with Crippen molar-refractivity contribution in [2.45, 2.75) is 52.9 Å².